The number of carbonyl (C=O) groups is 2. The first-order valence-electron chi connectivity index (χ1n) is 7.81. The van der Waals surface area contributed by atoms with Gasteiger partial charge in [-0.05, 0) is 25.2 Å². The number of rotatable bonds is 7. The van der Waals surface area contributed by atoms with E-state index in [1.54, 1.807) is 4.90 Å². The molecule has 1 N–H and O–H groups in total. The molecule has 1 rings (SSSR count). The van der Waals surface area contributed by atoms with Crippen LogP contribution >= 0.6 is 0 Å². The smallest absolute Gasteiger partial charge is 0.323 e. The number of nitrogens with zero attached hydrogens (tertiary/aromatic N) is 2. The van der Waals surface area contributed by atoms with Crippen LogP contribution in [0.5, 0.6) is 0 Å². The SMILES string of the molecule is CCCOC1CCCN(C(=O)N(CC(=O)O)CC(C)C)C1. The minimum atomic E-state index is -0.972. The molecule has 21 heavy (non-hydrogen) atoms. The number of likely N-dealkylation sites (tertiary alicyclic amines) is 1. The number of carboxylic acids is 1. The highest BCUT2D eigenvalue weighted by Crippen LogP contribution is 2.16. The van der Waals surface area contributed by atoms with Gasteiger partial charge in [0.05, 0.1) is 6.10 Å². The summed E-state index contributed by atoms with van der Waals surface area (Å²) in [5.41, 5.74) is 0. The maximum Gasteiger partial charge on any atom is 0.323 e. The summed E-state index contributed by atoms with van der Waals surface area (Å²) in [5.74, 6) is -0.731. The lowest BCUT2D eigenvalue weighted by molar-refractivity contribution is -0.137. The van der Waals surface area contributed by atoms with E-state index in [1.165, 1.54) is 4.90 Å². The Labute approximate surface area is 127 Å². The van der Waals surface area contributed by atoms with Gasteiger partial charge in [-0.2, -0.15) is 0 Å². The number of hydrogen-bond acceptors (Lipinski definition) is 3. The van der Waals surface area contributed by atoms with Crippen LogP contribution in [-0.2, 0) is 9.53 Å². The highest BCUT2D eigenvalue weighted by atomic mass is 16.5. The standard InChI is InChI=1S/C15H28N2O4/c1-4-8-21-13-6-5-7-16(10-13)15(20)17(9-12(2)3)11-14(18)19/h12-13H,4-11H2,1-3H3,(H,18,19). The maximum absolute atomic E-state index is 12.5. The average molecular weight is 300 g/mol. The van der Waals surface area contributed by atoms with Crippen molar-refractivity contribution in [1.82, 2.24) is 9.80 Å². The number of hydrogen-bond donors (Lipinski definition) is 1. The van der Waals surface area contributed by atoms with E-state index in [0.717, 1.165) is 19.3 Å². The fourth-order valence-corrected chi connectivity index (χ4v) is 2.55. The first-order valence-corrected chi connectivity index (χ1v) is 7.81. The molecule has 1 heterocycles. The highest BCUT2D eigenvalue weighted by Gasteiger charge is 2.28. The van der Waals surface area contributed by atoms with E-state index in [9.17, 15) is 9.59 Å². The Bertz CT molecular complexity index is 347. The van der Waals surface area contributed by atoms with Gasteiger partial charge in [0.15, 0.2) is 0 Å². The number of urea groups is 1. The van der Waals surface area contributed by atoms with Crippen LogP contribution in [-0.4, -0.2) is 65.8 Å². The Kier molecular flexibility index (Phi) is 7.50. The summed E-state index contributed by atoms with van der Waals surface area (Å²) in [5, 5.41) is 8.98. The Morgan fingerprint density at radius 1 is 1.43 bits per heavy atom. The van der Waals surface area contributed by atoms with Crippen LogP contribution in [0.15, 0.2) is 0 Å². The Morgan fingerprint density at radius 2 is 2.14 bits per heavy atom. The van der Waals surface area contributed by atoms with Gasteiger partial charge in [0.1, 0.15) is 6.54 Å². The first kappa shape index (κ1) is 17.8. The van der Waals surface area contributed by atoms with Crippen LogP contribution in [0.1, 0.15) is 40.0 Å². The lowest BCUT2D eigenvalue weighted by atomic mass is 10.1. The zero-order valence-corrected chi connectivity index (χ0v) is 13.4. The number of piperidine rings is 1. The minimum Gasteiger partial charge on any atom is -0.480 e. The molecule has 0 aromatic rings. The summed E-state index contributed by atoms with van der Waals surface area (Å²) in [6.07, 6.45) is 2.91. The quantitative estimate of drug-likeness (QED) is 0.781. The van der Waals surface area contributed by atoms with Crippen LogP contribution in [0, 0.1) is 5.92 Å². The molecule has 0 radical (unpaired) electrons. The number of carbonyl (C=O) groups excluding carboxylic acids is 1. The second kappa shape index (κ2) is 8.87. The van der Waals surface area contributed by atoms with E-state index in [4.69, 9.17) is 9.84 Å². The van der Waals surface area contributed by atoms with Gasteiger partial charge in [0, 0.05) is 26.2 Å². The highest BCUT2D eigenvalue weighted by molar-refractivity contribution is 5.80. The Balaban J connectivity index is 2.61. The molecule has 6 heteroatoms. The molecule has 0 spiro atoms. The zero-order chi connectivity index (χ0) is 15.8. The fraction of sp³-hybridized carbons (Fsp3) is 0.867. The second-order valence-electron chi connectivity index (χ2n) is 6.03. The van der Waals surface area contributed by atoms with Crippen molar-refractivity contribution in [3.8, 4) is 0 Å². The number of amides is 2. The lowest BCUT2D eigenvalue weighted by Crippen LogP contribution is -2.51. The molecule has 1 atom stereocenters. The topological polar surface area (TPSA) is 70.1 Å². The number of ether oxygens (including phenoxy) is 1. The van der Waals surface area contributed by atoms with Gasteiger partial charge < -0.3 is 19.6 Å². The molecule has 2 amide bonds. The van der Waals surface area contributed by atoms with Gasteiger partial charge in [0.25, 0.3) is 0 Å². The van der Waals surface area contributed by atoms with Gasteiger partial charge in [-0.25, -0.2) is 4.79 Å². The molecule has 0 saturated carbocycles. The van der Waals surface area contributed by atoms with Crippen molar-refractivity contribution in [2.45, 2.75) is 46.1 Å². The van der Waals surface area contributed by atoms with E-state index in [1.807, 2.05) is 13.8 Å². The van der Waals surface area contributed by atoms with Gasteiger partial charge >= 0.3 is 12.0 Å². The van der Waals surface area contributed by atoms with Crippen molar-refractivity contribution in [3.63, 3.8) is 0 Å². The molecule has 0 bridgehead atoms. The maximum atomic E-state index is 12.5. The third-order valence-electron chi connectivity index (χ3n) is 3.39. The molecular weight excluding hydrogens is 272 g/mol. The zero-order valence-electron chi connectivity index (χ0n) is 13.4. The largest absolute Gasteiger partial charge is 0.480 e. The van der Waals surface area contributed by atoms with Crippen molar-refractivity contribution in [2.24, 2.45) is 5.92 Å². The molecule has 122 valence electrons. The monoisotopic (exact) mass is 300 g/mol. The molecule has 1 aliphatic rings. The molecule has 0 aromatic heterocycles. The van der Waals surface area contributed by atoms with Gasteiger partial charge in [-0.1, -0.05) is 20.8 Å². The summed E-state index contributed by atoms with van der Waals surface area (Å²) < 4.78 is 5.73. The van der Waals surface area contributed by atoms with E-state index >= 15 is 0 Å². The van der Waals surface area contributed by atoms with Crippen LogP contribution < -0.4 is 0 Å². The van der Waals surface area contributed by atoms with Crippen LogP contribution in [0.2, 0.25) is 0 Å². The normalized spacial score (nSPS) is 18.9. The molecule has 1 unspecified atom stereocenters. The van der Waals surface area contributed by atoms with Crippen molar-refractivity contribution in [3.05, 3.63) is 0 Å². The Hall–Kier alpha value is -1.30. The second-order valence-corrected chi connectivity index (χ2v) is 6.03. The van der Waals surface area contributed by atoms with Crippen molar-refractivity contribution < 1.29 is 19.4 Å². The van der Waals surface area contributed by atoms with E-state index in [2.05, 4.69) is 6.92 Å². The molecular formula is C15H28N2O4. The summed E-state index contributed by atoms with van der Waals surface area (Å²) in [4.78, 5) is 26.6. The van der Waals surface area contributed by atoms with Crippen LogP contribution in [0.25, 0.3) is 0 Å². The number of aliphatic carboxylic acids is 1. The van der Waals surface area contributed by atoms with Gasteiger partial charge in [-0.3, -0.25) is 4.79 Å². The number of carboxylic acid groups (broad SMARTS) is 1. The molecule has 0 aliphatic carbocycles. The van der Waals surface area contributed by atoms with Gasteiger partial charge in [-0.15, -0.1) is 0 Å². The Morgan fingerprint density at radius 3 is 2.71 bits per heavy atom. The summed E-state index contributed by atoms with van der Waals surface area (Å²) in [6, 6.07) is -0.184. The predicted molar refractivity (Wildman–Crippen MR) is 80.3 cm³/mol. The fourth-order valence-electron chi connectivity index (χ4n) is 2.55. The van der Waals surface area contributed by atoms with Crippen molar-refractivity contribution in [1.29, 1.82) is 0 Å². The van der Waals surface area contributed by atoms with E-state index < -0.39 is 5.97 Å². The lowest BCUT2D eigenvalue weighted by Gasteiger charge is -2.36. The summed E-state index contributed by atoms with van der Waals surface area (Å²) in [6.45, 7) is 8.18. The molecule has 1 fully saturated rings. The predicted octanol–water partition coefficient (Wildman–Crippen LogP) is 2.04. The third kappa shape index (κ3) is 6.33. The molecule has 1 saturated heterocycles. The summed E-state index contributed by atoms with van der Waals surface area (Å²) in [7, 11) is 0. The van der Waals surface area contributed by atoms with Crippen molar-refractivity contribution in [2.75, 3.05) is 32.8 Å². The molecule has 6 nitrogen and oxygen atoms in total. The molecule has 1 aliphatic heterocycles. The molecule has 0 aromatic carbocycles. The third-order valence-corrected chi connectivity index (χ3v) is 3.39. The van der Waals surface area contributed by atoms with E-state index in [-0.39, 0.29) is 24.6 Å². The van der Waals surface area contributed by atoms with Crippen molar-refractivity contribution >= 4 is 12.0 Å². The minimum absolute atomic E-state index is 0.0772. The summed E-state index contributed by atoms with van der Waals surface area (Å²) >= 11 is 0. The average Bonchev–Trinajstić information content (AvgIpc) is 2.43. The van der Waals surface area contributed by atoms with E-state index in [0.29, 0.717) is 26.2 Å². The van der Waals surface area contributed by atoms with Crippen LogP contribution in [0.4, 0.5) is 4.79 Å². The van der Waals surface area contributed by atoms with Crippen LogP contribution in [0.3, 0.4) is 0 Å². The van der Waals surface area contributed by atoms with Gasteiger partial charge in [0.2, 0.25) is 0 Å². The first-order chi connectivity index (χ1) is 9.93.